The lowest BCUT2D eigenvalue weighted by Crippen LogP contribution is -2.40. The molecule has 160 valence electrons. The molecule has 0 spiro atoms. The molecular formula is C19H20ClN3O6S. The fourth-order valence-electron chi connectivity index (χ4n) is 2.81. The van der Waals surface area contributed by atoms with E-state index in [0.717, 1.165) is 0 Å². The van der Waals surface area contributed by atoms with E-state index in [0.29, 0.717) is 37.0 Å². The quantitative estimate of drug-likeness (QED) is 0.653. The molecule has 2 amide bonds. The first-order chi connectivity index (χ1) is 14.3. The minimum atomic E-state index is -3.61. The molecule has 1 aliphatic rings. The third kappa shape index (κ3) is 5.28. The topological polar surface area (TPSA) is 128 Å². The number of nitrogens with two attached hydrogens (primary N) is 1. The van der Waals surface area contributed by atoms with Crippen molar-refractivity contribution < 1.29 is 27.5 Å². The normalized spacial score (nSPS) is 14.8. The fourth-order valence-corrected chi connectivity index (χ4v) is 4.38. The van der Waals surface area contributed by atoms with Gasteiger partial charge < -0.3 is 20.5 Å². The average molecular weight is 454 g/mol. The number of ether oxygens (including phenoxy) is 2. The molecule has 0 radical (unpaired) electrons. The van der Waals surface area contributed by atoms with Crippen LogP contribution in [0, 0.1) is 0 Å². The summed E-state index contributed by atoms with van der Waals surface area (Å²) in [7, 11) is -3.61. The molecule has 0 unspecified atom stereocenters. The Kier molecular flexibility index (Phi) is 6.93. The predicted molar refractivity (Wildman–Crippen MR) is 110 cm³/mol. The first-order valence-electron chi connectivity index (χ1n) is 8.97. The Morgan fingerprint density at radius 3 is 2.43 bits per heavy atom. The Balaban J connectivity index is 1.61. The number of nitrogens with zero attached hydrogens (tertiary/aromatic N) is 1. The SMILES string of the molecule is NC(=O)c1ccc(Cl)cc1OCC(=O)Nc1ccc(S(=O)(=O)N2CCOCC2)cc1. The van der Waals surface area contributed by atoms with Crippen molar-refractivity contribution in [3.8, 4) is 5.75 Å². The molecule has 0 atom stereocenters. The number of hydrogen-bond acceptors (Lipinski definition) is 6. The standard InChI is InChI=1S/C19H20ClN3O6S/c20-13-1-6-16(19(21)25)17(11-13)29-12-18(24)22-14-2-4-15(5-3-14)30(26,27)23-7-9-28-10-8-23/h1-6,11H,7-10,12H2,(H2,21,25)(H,22,24). The number of primary amides is 1. The third-order valence-corrected chi connectivity index (χ3v) is 6.46. The van der Waals surface area contributed by atoms with E-state index in [1.807, 2.05) is 0 Å². The van der Waals surface area contributed by atoms with Crippen LogP contribution in [0.1, 0.15) is 10.4 Å². The minimum absolute atomic E-state index is 0.0945. The molecule has 2 aromatic rings. The number of benzene rings is 2. The molecule has 9 nitrogen and oxygen atoms in total. The molecule has 1 aliphatic heterocycles. The van der Waals surface area contributed by atoms with Crippen molar-refractivity contribution in [1.29, 1.82) is 0 Å². The van der Waals surface area contributed by atoms with Gasteiger partial charge in [0, 0.05) is 23.8 Å². The van der Waals surface area contributed by atoms with Gasteiger partial charge in [-0.3, -0.25) is 9.59 Å². The molecule has 1 heterocycles. The van der Waals surface area contributed by atoms with Gasteiger partial charge in [-0.2, -0.15) is 4.31 Å². The van der Waals surface area contributed by atoms with Gasteiger partial charge in [0.15, 0.2) is 6.61 Å². The number of amides is 2. The molecule has 30 heavy (non-hydrogen) atoms. The van der Waals surface area contributed by atoms with E-state index in [1.165, 1.54) is 46.8 Å². The maximum absolute atomic E-state index is 12.6. The van der Waals surface area contributed by atoms with E-state index in [-0.39, 0.29) is 16.2 Å². The fraction of sp³-hybridized carbons (Fsp3) is 0.263. The predicted octanol–water partition coefficient (Wildman–Crippen LogP) is 1.48. The lowest BCUT2D eigenvalue weighted by atomic mass is 10.2. The van der Waals surface area contributed by atoms with Gasteiger partial charge in [-0.15, -0.1) is 0 Å². The summed E-state index contributed by atoms with van der Waals surface area (Å²) in [5, 5.41) is 2.92. The summed E-state index contributed by atoms with van der Waals surface area (Å²) in [6.45, 7) is 0.924. The number of halogens is 1. The van der Waals surface area contributed by atoms with Crippen LogP contribution in [0.3, 0.4) is 0 Å². The molecule has 0 aliphatic carbocycles. The molecule has 1 fully saturated rings. The second-order valence-electron chi connectivity index (χ2n) is 6.38. The van der Waals surface area contributed by atoms with Crippen molar-refractivity contribution in [2.24, 2.45) is 5.73 Å². The molecule has 11 heteroatoms. The van der Waals surface area contributed by atoms with Crippen molar-refractivity contribution in [3.63, 3.8) is 0 Å². The summed E-state index contributed by atoms with van der Waals surface area (Å²) in [6, 6.07) is 10.1. The number of rotatable bonds is 7. The Bertz CT molecular complexity index is 1040. The van der Waals surface area contributed by atoms with Gasteiger partial charge in [-0.25, -0.2) is 8.42 Å². The molecular weight excluding hydrogens is 434 g/mol. The minimum Gasteiger partial charge on any atom is -0.483 e. The summed E-state index contributed by atoms with van der Waals surface area (Å²) < 4.78 is 37.1. The van der Waals surface area contributed by atoms with Crippen LogP contribution in [-0.4, -0.2) is 57.4 Å². The summed E-state index contributed by atoms with van der Waals surface area (Å²) in [6.07, 6.45) is 0. The number of nitrogens with one attached hydrogen (secondary N) is 1. The highest BCUT2D eigenvalue weighted by Gasteiger charge is 2.26. The van der Waals surface area contributed by atoms with E-state index >= 15 is 0 Å². The first kappa shape index (κ1) is 22.0. The number of anilines is 1. The monoisotopic (exact) mass is 453 g/mol. The third-order valence-electron chi connectivity index (χ3n) is 4.31. The number of carbonyl (C=O) groups excluding carboxylic acids is 2. The smallest absolute Gasteiger partial charge is 0.262 e. The van der Waals surface area contributed by atoms with Gasteiger partial charge in [-0.05, 0) is 42.5 Å². The van der Waals surface area contributed by atoms with Crippen LogP contribution < -0.4 is 15.8 Å². The summed E-state index contributed by atoms with van der Waals surface area (Å²) >= 11 is 5.88. The van der Waals surface area contributed by atoms with Crippen molar-refractivity contribution >= 4 is 39.1 Å². The van der Waals surface area contributed by atoms with Crippen molar-refractivity contribution in [2.45, 2.75) is 4.90 Å². The van der Waals surface area contributed by atoms with Crippen LogP contribution in [0.4, 0.5) is 5.69 Å². The van der Waals surface area contributed by atoms with Gasteiger partial charge in [-0.1, -0.05) is 11.6 Å². The van der Waals surface area contributed by atoms with Crippen LogP contribution >= 0.6 is 11.6 Å². The van der Waals surface area contributed by atoms with Crippen LogP contribution in [0.5, 0.6) is 5.75 Å². The largest absolute Gasteiger partial charge is 0.483 e. The molecule has 0 aromatic heterocycles. The molecule has 3 rings (SSSR count). The maximum atomic E-state index is 12.6. The van der Waals surface area contributed by atoms with Crippen LogP contribution in [0.25, 0.3) is 0 Å². The van der Waals surface area contributed by atoms with Crippen molar-refractivity contribution in [2.75, 3.05) is 38.2 Å². The summed E-state index contributed by atoms with van der Waals surface area (Å²) in [5.74, 6) is -1.12. The molecule has 0 saturated carbocycles. The summed E-state index contributed by atoms with van der Waals surface area (Å²) in [4.78, 5) is 23.7. The van der Waals surface area contributed by atoms with Crippen molar-refractivity contribution in [1.82, 2.24) is 4.31 Å². The Labute approximate surface area is 178 Å². The zero-order valence-corrected chi connectivity index (χ0v) is 17.4. The maximum Gasteiger partial charge on any atom is 0.262 e. The highest BCUT2D eigenvalue weighted by molar-refractivity contribution is 7.89. The number of sulfonamides is 1. The second kappa shape index (κ2) is 9.43. The molecule has 2 aromatic carbocycles. The molecule has 0 bridgehead atoms. The molecule has 3 N–H and O–H groups in total. The zero-order valence-electron chi connectivity index (χ0n) is 15.8. The first-order valence-corrected chi connectivity index (χ1v) is 10.8. The number of carbonyl (C=O) groups is 2. The van der Waals surface area contributed by atoms with Gasteiger partial charge >= 0.3 is 0 Å². The van der Waals surface area contributed by atoms with E-state index in [9.17, 15) is 18.0 Å². The number of hydrogen-bond donors (Lipinski definition) is 2. The average Bonchev–Trinajstić information content (AvgIpc) is 2.73. The highest BCUT2D eigenvalue weighted by Crippen LogP contribution is 2.23. The molecule has 1 saturated heterocycles. The van der Waals surface area contributed by atoms with E-state index in [4.69, 9.17) is 26.8 Å². The summed E-state index contributed by atoms with van der Waals surface area (Å²) in [5.41, 5.74) is 5.77. The Morgan fingerprint density at radius 2 is 1.80 bits per heavy atom. The van der Waals surface area contributed by atoms with Gasteiger partial charge in [0.05, 0.1) is 23.7 Å². The second-order valence-corrected chi connectivity index (χ2v) is 8.76. The lowest BCUT2D eigenvalue weighted by Gasteiger charge is -2.26. The zero-order chi connectivity index (χ0) is 21.7. The highest BCUT2D eigenvalue weighted by atomic mass is 35.5. The van der Waals surface area contributed by atoms with Crippen LogP contribution in [0.15, 0.2) is 47.4 Å². The van der Waals surface area contributed by atoms with Crippen LogP contribution in [-0.2, 0) is 19.6 Å². The van der Waals surface area contributed by atoms with E-state index < -0.39 is 28.4 Å². The van der Waals surface area contributed by atoms with Gasteiger partial charge in [0.2, 0.25) is 10.0 Å². The van der Waals surface area contributed by atoms with Crippen molar-refractivity contribution in [3.05, 3.63) is 53.1 Å². The Morgan fingerprint density at radius 1 is 1.13 bits per heavy atom. The van der Waals surface area contributed by atoms with E-state index in [1.54, 1.807) is 0 Å². The van der Waals surface area contributed by atoms with Gasteiger partial charge in [0.1, 0.15) is 5.75 Å². The Hall–Kier alpha value is -2.66. The van der Waals surface area contributed by atoms with E-state index in [2.05, 4.69) is 5.32 Å². The van der Waals surface area contributed by atoms with Gasteiger partial charge in [0.25, 0.3) is 11.8 Å². The lowest BCUT2D eigenvalue weighted by molar-refractivity contribution is -0.118. The van der Waals surface area contributed by atoms with Crippen LogP contribution in [0.2, 0.25) is 5.02 Å². The number of morpholine rings is 1.